The molecule has 0 spiro atoms. The molecule has 0 saturated heterocycles. The number of nitrogens with one attached hydrogen (secondary N) is 2. The van der Waals surface area contributed by atoms with Crippen molar-refractivity contribution < 1.29 is 14.0 Å². The number of oxazole rings is 1. The van der Waals surface area contributed by atoms with E-state index in [1.165, 1.54) is 6.39 Å². The Hall–Kier alpha value is -3.14. The van der Waals surface area contributed by atoms with Gasteiger partial charge in [0.05, 0.1) is 12.0 Å². The number of aromatic nitrogens is 1. The molecule has 1 heterocycles. The maximum Gasteiger partial charge on any atom is 0.251 e. The van der Waals surface area contributed by atoms with Crippen molar-refractivity contribution in [3.8, 4) is 17.3 Å². The predicted octanol–water partition coefficient (Wildman–Crippen LogP) is 3.68. The van der Waals surface area contributed by atoms with Crippen LogP contribution in [0.25, 0.3) is 11.3 Å². The third kappa shape index (κ3) is 5.47. The fraction of sp³-hybridized carbons (Fsp3) is 0.478. The van der Waals surface area contributed by atoms with Gasteiger partial charge in [0.15, 0.2) is 6.39 Å². The number of rotatable bonds is 7. The number of hydrogen-bond acceptors (Lipinski definition) is 5. The van der Waals surface area contributed by atoms with Crippen LogP contribution < -0.4 is 10.6 Å². The minimum Gasteiger partial charge on any atom is -0.451 e. The molecular weight excluding hydrogens is 380 g/mol. The molecule has 1 aliphatic carbocycles. The highest BCUT2D eigenvalue weighted by Gasteiger charge is 2.33. The summed E-state index contributed by atoms with van der Waals surface area (Å²) in [5.74, 6) is -0.351. The first-order chi connectivity index (χ1) is 14.5. The maximum absolute atomic E-state index is 12.8. The summed E-state index contributed by atoms with van der Waals surface area (Å²) in [6, 6.07) is 8.56. The summed E-state index contributed by atoms with van der Waals surface area (Å²) in [4.78, 5) is 29.7. The Kier molecular flexibility index (Phi) is 7.23. The molecule has 1 aliphatic rings. The summed E-state index contributed by atoms with van der Waals surface area (Å²) in [5, 5.41) is 15.2. The minimum atomic E-state index is -0.500. The van der Waals surface area contributed by atoms with Crippen LogP contribution in [0.15, 0.2) is 41.3 Å². The van der Waals surface area contributed by atoms with Crippen molar-refractivity contribution in [2.45, 2.75) is 58.0 Å². The quantitative estimate of drug-likeness (QED) is 0.726. The highest BCUT2D eigenvalue weighted by Crippen LogP contribution is 2.26. The average Bonchev–Trinajstić information content (AvgIpc) is 3.28. The van der Waals surface area contributed by atoms with Crippen LogP contribution in [0.5, 0.6) is 0 Å². The Balaban J connectivity index is 1.64. The summed E-state index contributed by atoms with van der Waals surface area (Å²) >= 11 is 0. The second-order valence-electron chi connectivity index (χ2n) is 8.24. The lowest BCUT2D eigenvalue weighted by molar-refractivity contribution is -0.127. The number of benzene rings is 1. The second kappa shape index (κ2) is 10.1. The normalized spacial score (nSPS) is 19.7. The zero-order chi connectivity index (χ0) is 21.5. The van der Waals surface area contributed by atoms with Gasteiger partial charge in [0.1, 0.15) is 18.0 Å². The summed E-state index contributed by atoms with van der Waals surface area (Å²) in [7, 11) is 0. The Morgan fingerprint density at radius 2 is 1.97 bits per heavy atom. The van der Waals surface area contributed by atoms with Crippen LogP contribution in [-0.2, 0) is 4.79 Å². The fourth-order valence-electron chi connectivity index (χ4n) is 3.91. The summed E-state index contributed by atoms with van der Waals surface area (Å²) in [6.07, 6.45) is 6.90. The van der Waals surface area contributed by atoms with Gasteiger partial charge in [-0.3, -0.25) is 9.59 Å². The lowest BCUT2D eigenvalue weighted by Crippen LogP contribution is -2.50. The molecule has 1 unspecified atom stereocenters. The molecule has 1 aromatic heterocycles. The molecular formula is C23H28N4O3. The van der Waals surface area contributed by atoms with Crippen molar-refractivity contribution >= 4 is 11.8 Å². The van der Waals surface area contributed by atoms with Gasteiger partial charge in [-0.2, -0.15) is 5.26 Å². The molecule has 0 radical (unpaired) electrons. The first-order valence-electron chi connectivity index (χ1n) is 10.5. The number of nitrogens with zero attached hydrogens (tertiary/aromatic N) is 2. The number of nitriles is 1. The lowest BCUT2D eigenvalue weighted by Gasteiger charge is -2.32. The van der Waals surface area contributed by atoms with E-state index in [1.54, 1.807) is 18.4 Å². The molecule has 1 aromatic carbocycles. The van der Waals surface area contributed by atoms with Crippen molar-refractivity contribution in [1.29, 1.82) is 5.26 Å². The Morgan fingerprint density at radius 3 is 2.60 bits per heavy atom. The molecule has 1 saturated carbocycles. The van der Waals surface area contributed by atoms with Crippen molar-refractivity contribution in [2.24, 2.45) is 11.8 Å². The van der Waals surface area contributed by atoms with Gasteiger partial charge in [0, 0.05) is 17.2 Å². The maximum atomic E-state index is 12.8. The summed E-state index contributed by atoms with van der Waals surface area (Å²) in [5.41, 5.74) is 2.10. The zero-order valence-corrected chi connectivity index (χ0v) is 17.4. The molecule has 3 atom stereocenters. The molecule has 0 bridgehead atoms. The molecule has 0 aliphatic heterocycles. The monoisotopic (exact) mass is 408 g/mol. The third-order valence-electron chi connectivity index (χ3n) is 5.47. The van der Waals surface area contributed by atoms with Crippen LogP contribution in [0.3, 0.4) is 0 Å². The van der Waals surface area contributed by atoms with E-state index >= 15 is 0 Å². The lowest BCUT2D eigenvalue weighted by atomic mass is 9.83. The molecule has 158 valence electrons. The van der Waals surface area contributed by atoms with Gasteiger partial charge in [-0.15, -0.1) is 0 Å². The van der Waals surface area contributed by atoms with Gasteiger partial charge in [0.2, 0.25) is 5.91 Å². The Morgan fingerprint density at radius 1 is 1.23 bits per heavy atom. The molecule has 3 rings (SSSR count). The molecule has 7 nitrogen and oxygen atoms in total. The fourth-order valence-corrected chi connectivity index (χ4v) is 3.91. The summed E-state index contributed by atoms with van der Waals surface area (Å²) in [6.45, 7) is 4.04. The molecule has 30 heavy (non-hydrogen) atoms. The molecule has 2 aromatic rings. The topological polar surface area (TPSA) is 108 Å². The van der Waals surface area contributed by atoms with Gasteiger partial charge < -0.3 is 15.1 Å². The molecule has 2 amide bonds. The Labute approximate surface area is 176 Å². The Bertz CT molecular complexity index is 884. The SMILES string of the molecule is CC(C)C[C@@H](C#N)NC(=O)[C@@H]1CCCCC1NC(=O)c1ccc(-c2cocn2)cc1. The van der Waals surface area contributed by atoms with Gasteiger partial charge in [-0.1, -0.05) is 38.8 Å². The van der Waals surface area contributed by atoms with Gasteiger partial charge in [0.25, 0.3) is 5.91 Å². The van der Waals surface area contributed by atoms with Crippen LogP contribution in [0, 0.1) is 23.2 Å². The van der Waals surface area contributed by atoms with Gasteiger partial charge in [-0.05, 0) is 37.3 Å². The van der Waals surface area contributed by atoms with Crippen molar-refractivity contribution in [3.05, 3.63) is 42.5 Å². The number of carbonyl (C=O) groups excluding carboxylic acids is 2. The highest BCUT2D eigenvalue weighted by molar-refractivity contribution is 5.95. The summed E-state index contributed by atoms with van der Waals surface area (Å²) < 4.78 is 4.99. The van der Waals surface area contributed by atoms with Crippen LogP contribution >= 0.6 is 0 Å². The van der Waals surface area contributed by atoms with Crippen LogP contribution in [0.4, 0.5) is 0 Å². The van der Waals surface area contributed by atoms with E-state index < -0.39 is 6.04 Å². The first-order valence-corrected chi connectivity index (χ1v) is 10.5. The van der Waals surface area contributed by atoms with E-state index in [2.05, 4.69) is 21.7 Å². The third-order valence-corrected chi connectivity index (χ3v) is 5.47. The van der Waals surface area contributed by atoms with E-state index in [0.29, 0.717) is 30.0 Å². The van der Waals surface area contributed by atoms with E-state index in [1.807, 2.05) is 26.0 Å². The standard InChI is InChI=1S/C23H28N4O3/c1-15(2)11-18(12-24)26-23(29)19-5-3-4-6-20(19)27-22(28)17-9-7-16(8-10-17)21-13-30-14-25-21/h7-10,13-15,18-20H,3-6,11H2,1-2H3,(H,26,29)(H,27,28)/t18-,19+,20?/m0/s1. The minimum absolute atomic E-state index is 0.145. The van der Waals surface area contributed by atoms with E-state index in [9.17, 15) is 14.9 Å². The molecule has 1 fully saturated rings. The van der Waals surface area contributed by atoms with E-state index in [0.717, 1.165) is 24.8 Å². The van der Waals surface area contributed by atoms with Crippen molar-refractivity contribution in [2.75, 3.05) is 0 Å². The van der Waals surface area contributed by atoms with Crippen LogP contribution in [0.2, 0.25) is 0 Å². The number of amides is 2. The van der Waals surface area contributed by atoms with Crippen LogP contribution in [-0.4, -0.2) is 28.9 Å². The van der Waals surface area contributed by atoms with Crippen molar-refractivity contribution in [3.63, 3.8) is 0 Å². The van der Waals surface area contributed by atoms with Gasteiger partial charge >= 0.3 is 0 Å². The number of carbonyl (C=O) groups is 2. The largest absolute Gasteiger partial charge is 0.451 e. The van der Waals surface area contributed by atoms with E-state index in [-0.39, 0.29) is 23.8 Å². The molecule has 2 N–H and O–H groups in total. The highest BCUT2D eigenvalue weighted by atomic mass is 16.3. The second-order valence-corrected chi connectivity index (χ2v) is 8.24. The smallest absolute Gasteiger partial charge is 0.251 e. The number of hydrogen-bond donors (Lipinski definition) is 2. The van der Waals surface area contributed by atoms with Crippen LogP contribution in [0.1, 0.15) is 56.3 Å². The zero-order valence-electron chi connectivity index (χ0n) is 17.4. The predicted molar refractivity (Wildman–Crippen MR) is 112 cm³/mol. The first kappa shape index (κ1) is 21.6. The van der Waals surface area contributed by atoms with Crippen molar-refractivity contribution in [1.82, 2.24) is 15.6 Å². The average molecular weight is 409 g/mol. The van der Waals surface area contributed by atoms with Gasteiger partial charge in [-0.25, -0.2) is 4.98 Å². The molecule has 7 heteroatoms. The van der Waals surface area contributed by atoms with E-state index in [4.69, 9.17) is 4.42 Å².